The van der Waals surface area contributed by atoms with Gasteiger partial charge < -0.3 is 10.2 Å². The first-order valence-corrected chi connectivity index (χ1v) is 9.94. The lowest BCUT2D eigenvalue weighted by atomic mass is 9.86. The van der Waals surface area contributed by atoms with Crippen molar-refractivity contribution >= 4 is 11.6 Å². The van der Waals surface area contributed by atoms with Crippen molar-refractivity contribution in [2.24, 2.45) is 0 Å². The molecule has 0 fully saturated rings. The number of carbonyl (C=O) groups is 1. The van der Waals surface area contributed by atoms with Crippen molar-refractivity contribution in [1.82, 2.24) is 15.7 Å². The molecule has 3 rings (SSSR count). The van der Waals surface area contributed by atoms with Crippen LogP contribution in [0.3, 0.4) is 0 Å². The minimum Gasteiger partial charge on any atom is -0.349 e. The van der Waals surface area contributed by atoms with Crippen molar-refractivity contribution in [3.63, 3.8) is 0 Å². The number of nitrogens with one attached hydrogen (secondary N) is 2. The Labute approximate surface area is 179 Å². The standard InChI is InChI=1S/C23H26F3N3O2/c1-14(28-31)16-4-5-18-12-21(7-6-17(18)10-16)27-22(30)19-8-15(13-29(2)3)9-20(11-19)23(24,25)26/h4-5,8-11,21,28,31H,1,6-7,12-13H2,2-3H3,(H,27,30). The Hall–Kier alpha value is -2.84. The van der Waals surface area contributed by atoms with Gasteiger partial charge in [-0.3, -0.25) is 15.5 Å². The summed E-state index contributed by atoms with van der Waals surface area (Å²) < 4.78 is 39.9. The van der Waals surface area contributed by atoms with E-state index < -0.39 is 17.6 Å². The molecule has 1 atom stereocenters. The van der Waals surface area contributed by atoms with E-state index >= 15 is 0 Å². The van der Waals surface area contributed by atoms with Crippen LogP contribution in [-0.4, -0.2) is 36.2 Å². The van der Waals surface area contributed by atoms with Crippen LogP contribution in [0.1, 0.15) is 44.6 Å². The Morgan fingerprint density at radius 1 is 1.16 bits per heavy atom. The Bertz CT molecular complexity index is 987. The second kappa shape index (κ2) is 9.11. The molecule has 3 N–H and O–H groups in total. The summed E-state index contributed by atoms with van der Waals surface area (Å²) in [6.45, 7) is 4.03. The van der Waals surface area contributed by atoms with E-state index in [1.807, 2.05) is 23.7 Å². The summed E-state index contributed by atoms with van der Waals surface area (Å²) in [6, 6.07) is 9.03. The number of hydrogen-bond donors (Lipinski definition) is 3. The number of amides is 1. The molecule has 166 valence electrons. The zero-order valence-electron chi connectivity index (χ0n) is 17.5. The number of alkyl halides is 3. The molecular formula is C23H26F3N3O2. The number of aryl methyl sites for hydroxylation is 1. The van der Waals surface area contributed by atoms with Crippen LogP contribution < -0.4 is 10.8 Å². The molecule has 8 heteroatoms. The predicted octanol–water partition coefficient (Wildman–Crippen LogP) is 4.00. The number of carbonyl (C=O) groups excluding carboxylic acids is 1. The zero-order valence-corrected chi connectivity index (χ0v) is 17.5. The van der Waals surface area contributed by atoms with Gasteiger partial charge >= 0.3 is 6.18 Å². The van der Waals surface area contributed by atoms with E-state index in [9.17, 15) is 18.0 Å². The third-order valence-electron chi connectivity index (χ3n) is 5.33. The maximum Gasteiger partial charge on any atom is 0.416 e. The number of hydroxylamine groups is 1. The number of fused-ring (bicyclic) bond motifs is 1. The van der Waals surface area contributed by atoms with E-state index in [4.69, 9.17) is 5.21 Å². The van der Waals surface area contributed by atoms with Gasteiger partial charge in [-0.15, -0.1) is 0 Å². The fourth-order valence-corrected chi connectivity index (χ4v) is 3.84. The molecule has 2 aromatic carbocycles. The van der Waals surface area contributed by atoms with E-state index in [0.29, 0.717) is 37.1 Å². The first kappa shape index (κ1) is 22.8. The molecule has 1 aliphatic rings. The van der Waals surface area contributed by atoms with E-state index in [0.717, 1.165) is 28.8 Å². The molecule has 0 saturated carbocycles. The van der Waals surface area contributed by atoms with E-state index in [1.54, 1.807) is 19.0 Å². The second-order valence-electron chi connectivity index (χ2n) is 8.14. The van der Waals surface area contributed by atoms with Crippen LogP contribution in [0.25, 0.3) is 5.70 Å². The number of halogens is 3. The van der Waals surface area contributed by atoms with Crippen molar-refractivity contribution in [3.05, 3.63) is 76.4 Å². The van der Waals surface area contributed by atoms with Crippen LogP contribution in [0.15, 0.2) is 43.0 Å². The zero-order chi connectivity index (χ0) is 22.8. The highest BCUT2D eigenvalue weighted by molar-refractivity contribution is 5.94. The SMILES string of the molecule is C=C(NO)c1ccc2c(c1)CCC(NC(=O)c1cc(CN(C)C)cc(C(F)(F)F)c1)C2. The fraction of sp³-hybridized carbons (Fsp3) is 0.348. The van der Waals surface area contributed by atoms with Gasteiger partial charge in [-0.25, -0.2) is 0 Å². The summed E-state index contributed by atoms with van der Waals surface area (Å²) in [4.78, 5) is 14.5. The van der Waals surface area contributed by atoms with Gasteiger partial charge in [-0.05, 0) is 79.9 Å². The summed E-state index contributed by atoms with van der Waals surface area (Å²) in [6.07, 6.45) is -2.55. The molecule has 0 aromatic heterocycles. The average molecular weight is 433 g/mol. The Morgan fingerprint density at radius 3 is 2.55 bits per heavy atom. The smallest absolute Gasteiger partial charge is 0.349 e. The summed E-state index contributed by atoms with van der Waals surface area (Å²) in [5.41, 5.74) is 5.00. The van der Waals surface area contributed by atoms with Gasteiger partial charge in [0.2, 0.25) is 0 Å². The van der Waals surface area contributed by atoms with Crippen LogP contribution in [-0.2, 0) is 25.6 Å². The van der Waals surface area contributed by atoms with Crippen molar-refractivity contribution in [2.45, 2.75) is 38.0 Å². The lowest BCUT2D eigenvalue weighted by molar-refractivity contribution is -0.137. The van der Waals surface area contributed by atoms with E-state index in [1.165, 1.54) is 6.07 Å². The molecule has 5 nitrogen and oxygen atoms in total. The molecule has 0 spiro atoms. The Morgan fingerprint density at radius 2 is 1.90 bits per heavy atom. The lowest BCUT2D eigenvalue weighted by Gasteiger charge is -2.26. The summed E-state index contributed by atoms with van der Waals surface area (Å²) in [7, 11) is 3.52. The van der Waals surface area contributed by atoms with Crippen LogP contribution >= 0.6 is 0 Å². The van der Waals surface area contributed by atoms with Gasteiger partial charge in [0, 0.05) is 18.2 Å². The van der Waals surface area contributed by atoms with Crippen molar-refractivity contribution < 1.29 is 23.2 Å². The highest BCUT2D eigenvalue weighted by Gasteiger charge is 2.32. The molecule has 0 heterocycles. The van der Waals surface area contributed by atoms with Crippen LogP contribution in [0.4, 0.5) is 13.2 Å². The lowest BCUT2D eigenvalue weighted by Crippen LogP contribution is -2.39. The highest BCUT2D eigenvalue weighted by atomic mass is 19.4. The third-order valence-corrected chi connectivity index (χ3v) is 5.33. The number of hydrogen-bond acceptors (Lipinski definition) is 4. The molecule has 1 amide bonds. The van der Waals surface area contributed by atoms with Crippen LogP contribution in [0.5, 0.6) is 0 Å². The largest absolute Gasteiger partial charge is 0.416 e. The van der Waals surface area contributed by atoms with Gasteiger partial charge in [-0.2, -0.15) is 13.2 Å². The molecule has 2 aromatic rings. The molecule has 0 saturated heterocycles. The highest BCUT2D eigenvalue weighted by Crippen LogP contribution is 2.31. The van der Waals surface area contributed by atoms with E-state index in [-0.39, 0.29) is 11.6 Å². The molecule has 0 aliphatic heterocycles. The predicted molar refractivity (Wildman–Crippen MR) is 113 cm³/mol. The van der Waals surface area contributed by atoms with Gasteiger partial charge in [0.25, 0.3) is 5.91 Å². The maximum atomic E-state index is 13.3. The fourth-order valence-electron chi connectivity index (χ4n) is 3.84. The first-order valence-electron chi connectivity index (χ1n) is 9.94. The van der Waals surface area contributed by atoms with E-state index in [2.05, 4.69) is 11.9 Å². The average Bonchev–Trinajstić information content (AvgIpc) is 2.71. The quantitative estimate of drug-likeness (QED) is 0.603. The second-order valence-corrected chi connectivity index (χ2v) is 8.14. The summed E-state index contributed by atoms with van der Waals surface area (Å²) in [5, 5.41) is 11.9. The number of benzene rings is 2. The molecule has 1 aliphatic carbocycles. The van der Waals surface area contributed by atoms with Crippen LogP contribution in [0, 0.1) is 0 Å². The van der Waals surface area contributed by atoms with Gasteiger partial charge in [0.15, 0.2) is 0 Å². The van der Waals surface area contributed by atoms with Gasteiger partial charge in [0.1, 0.15) is 0 Å². The maximum absolute atomic E-state index is 13.3. The molecule has 1 unspecified atom stereocenters. The first-order chi connectivity index (χ1) is 14.6. The van der Waals surface area contributed by atoms with Crippen molar-refractivity contribution in [3.8, 4) is 0 Å². The summed E-state index contributed by atoms with van der Waals surface area (Å²) in [5.74, 6) is -0.506. The third kappa shape index (κ3) is 5.65. The van der Waals surface area contributed by atoms with Crippen LogP contribution in [0.2, 0.25) is 0 Å². The van der Waals surface area contributed by atoms with Gasteiger partial charge in [-0.1, -0.05) is 18.7 Å². The van der Waals surface area contributed by atoms with Gasteiger partial charge in [0.05, 0.1) is 11.3 Å². The normalized spacial score (nSPS) is 16.0. The monoisotopic (exact) mass is 433 g/mol. The Balaban J connectivity index is 1.77. The molecule has 0 bridgehead atoms. The minimum atomic E-state index is -4.52. The topological polar surface area (TPSA) is 64.6 Å². The molecular weight excluding hydrogens is 407 g/mol. The minimum absolute atomic E-state index is 0.0122. The van der Waals surface area contributed by atoms with Crippen molar-refractivity contribution in [2.75, 3.05) is 14.1 Å². The molecule has 31 heavy (non-hydrogen) atoms. The Kier molecular flexibility index (Phi) is 6.71. The molecule has 0 radical (unpaired) electrons. The van der Waals surface area contributed by atoms with Crippen molar-refractivity contribution in [1.29, 1.82) is 0 Å². The summed E-state index contributed by atoms with van der Waals surface area (Å²) >= 11 is 0. The number of nitrogens with zero attached hydrogens (tertiary/aromatic N) is 1. The number of rotatable bonds is 6.